The van der Waals surface area contributed by atoms with Crippen molar-refractivity contribution in [2.75, 3.05) is 0 Å². The van der Waals surface area contributed by atoms with Gasteiger partial charge in [0.2, 0.25) is 0 Å². The second kappa shape index (κ2) is 6.97. The molecule has 0 radical (unpaired) electrons. The molecule has 2 aromatic heterocycles. The third-order valence-electron chi connectivity index (χ3n) is 3.93. The maximum atomic E-state index is 12.3. The van der Waals surface area contributed by atoms with Crippen LogP contribution in [0.15, 0.2) is 58.5 Å². The Bertz CT molecular complexity index is 1190. The predicted molar refractivity (Wildman–Crippen MR) is 102 cm³/mol. The van der Waals surface area contributed by atoms with Crippen LogP contribution in [-0.2, 0) is 5.75 Å². The van der Waals surface area contributed by atoms with Crippen LogP contribution in [0.5, 0.6) is 5.75 Å². The van der Waals surface area contributed by atoms with E-state index in [4.69, 9.17) is 0 Å². The topological polar surface area (TPSA) is 118 Å². The fraction of sp³-hybridized carbons (Fsp3) is 0.0526. The van der Waals surface area contributed by atoms with Gasteiger partial charge in [-0.05, 0) is 36.4 Å². The first-order chi connectivity index (χ1) is 13.1. The van der Waals surface area contributed by atoms with Crippen LogP contribution in [0.1, 0.15) is 11.4 Å². The van der Waals surface area contributed by atoms with Gasteiger partial charge in [0.15, 0.2) is 5.16 Å². The SMILES string of the molecule is N#Cc1c(-c2ccc(O)cc2)nc(SCc2nc3ccccc3[nH]2)[nH]c1=O. The minimum atomic E-state index is -0.498. The number of fused-ring (bicyclic) bond motifs is 1. The molecule has 0 aliphatic carbocycles. The van der Waals surface area contributed by atoms with Crippen molar-refractivity contribution in [2.45, 2.75) is 10.9 Å². The summed E-state index contributed by atoms with van der Waals surface area (Å²) < 4.78 is 0. The lowest BCUT2D eigenvalue weighted by Gasteiger charge is -2.06. The Morgan fingerprint density at radius 3 is 2.59 bits per heavy atom. The number of aromatic amines is 2. The molecule has 132 valence electrons. The Kier molecular flexibility index (Phi) is 4.36. The number of imidazole rings is 1. The maximum Gasteiger partial charge on any atom is 0.270 e. The number of H-pyrrole nitrogens is 2. The molecule has 0 atom stereocenters. The van der Waals surface area contributed by atoms with Gasteiger partial charge in [0.05, 0.1) is 22.5 Å². The van der Waals surface area contributed by atoms with Crippen molar-refractivity contribution in [3.63, 3.8) is 0 Å². The number of aromatic nitrogens is 4. The molecule has 0 aliphatic rings. The molecule has 0 saturated carbocycles. The molecule has 2 heterocycles. The number of phenols is 1. The van der Waals surface area contributed by atoms with Crippen LogP contribution in [0, 0.1) is 11.3 Å². The van der Waals surface area contributed by atoms with Gasteiger partial charge in [-0.1, -0.05) is 23.9 Å². The number of thioether (sulfide) groups is 1. The molecule has 3 N–H and O–H groups in total. The zero-order chi connectivity index (χ0) is 18.8. The number of aromatic hydroxyl groups is 1. The van der Waals surface area contributed by atoms with Gasteiger partial charge in [-0.3, -0.25) is 4.79 Å². The van der Waals surface area contributed by atoms with E-state index in [1.54, 1.807) is 12.1 Å². The van der Waals surface area contributed by atoms with Crippen molar-refractivity contribution in [1.82, 2.24) is 19.9 Å². The van der Waals surface area contributed by atoms with Crippen molar-refractivity contribution < 1.29 is 5.11 Å². The van der Waals surface area contributed by atoms with Crippen molar-refractivity contribution in [3.8, 4) is 23.1 Å². The molecule has 7 nitrogen and oxygen atoms in total. The Hall–Kier alpha value is -3.57. The third kappa shape index (κ3) is 3.41. The van der Waals surface area contributed by atoms with E-state index in [1.165, 1.54) is 23.9 Å². The number of nitriles is 1. The van der Waals surface area contributed by atoms with Crippen LogP contribution < -0.4 is 5.56 Å². The average Bonchev–Trinajstić information content (AvgIpc) is 3.09. The molecule has 0 bridgehead atoms. The largest absolute Gasteiger partial charge is 0.508 e. The predicted octanol–water partition coefficient (Wildman–Crippen LogP) is 3.18. The normalized spacial score (nSPS) is 10.8. The van der Waals surface area contributed by atoms with Crippen molar-refractivity contribution in [3.05, 3.63) is 70.3 Å². The second-order valence-electron chi connectivity index (χ2n) is 5.74. The van der Waals surface area contributed by atoms with E-state index >= 15 is 0 Å². The molecule has 8 heteroatoms. The van der Waals surface area contributed by atoms with Crippen LogP contribution in [0.3, 0.4) is 0 Å². The Morgan fingerprint density at radius 1 is 1.07 bits per heavy atom. The molecular formula is C19H13N5O2S. The van der Waals surface area contributed by atoms with Gasteiger partial charge in [-0.2, -0.15) is 5.26 Å². The first kappa shape index (κ1) is 16.9. The van der Waals surface area contributed by atoms with E-state index in [0.717, 1.165) is 16.9 Å². The minimum absolute atomic E-state index is 0.0613. The van der Waals surface area contributed by atoms with Crippen molar-refractivity contribution in [2.24, 2.45) is 0 Å². The van der Waals surface area contributed by atoms with E-state index in [-0.39, 0.29) is 17.0 Å². The summed E-state index contributed by atoms with van der Waals surface area (Å²) in [6.45, 7) is 0. The van der Waals surface area contributed by atoms with Crippen LogP contribution in [0.4, 0.5) is 0 Å². The summed E-state index contributed by atoms with van der Waals surface area (Å²) in [5, 5.41) is 19.1. The second-order valence-corrected chi connectivity index (χ2v) is 6.71. The molecule has 27 heavy (non-hydrogen) atoms. The van der Waals surface area contributed by atoms with E-state index in [2.05, 4.69) is 19.9 Å². The first-order valence-corrected chi connectivity index (χ1v) is 9.03. The van der Waals surface area contributed by atoms with Gasteiger partial charge in [-0.15, -0.1) is 0 Å². The number of hydrogen-bond donors (Lipinski definition) is 3. The minimum Gasteiger partial charge on any atom is -0.508 e. The molecule has 0 amide bonds. The summed E-state index contributed by atoms with van der Waals surface area (Å²) in [6.07, 6.45) is 0. The van der Waals surface area contributed by atoms with Crippen molar-refractivity contribution >= 4 is 22.8 Å². The first-order valence-electron chi connectivity index (χ1n) is 8.04. The highest BCUT2D eigenvalue weighted by Gasteiger charge is 2.14. The number of para-hydroxylation sites is 2. The monoisotopic (exact) mass is 375 g/mol. The standard InChI is InChI=1S/C19H13N5O2S/c20-9-13-17(11-5-7-12(25)8-6-11)23-19(24-18(13)26)27-10-16-21-14-3-1-2-4-15(14)22-16/h1-8,25H,10H2,(H,21,22)(H,23,24,26). The van der Waals surface area contributed by atoms with Gasteiger partial charge in [0, 0.05) is 5.56 Å². The van der Waals surface area contributed by atoms with Gasteiger partial charge in [-0.25, -0.2) is 9.97 Å². The van der Waals surface area contributed by atoms with Crippen molar-refractivity contribution in [1.29, 1.82) is 5.26 Å². The lowest BCUT2D eigenvalue weighted by molar-refractivity contribution is 0.475. The van der Waals surface area contributed by atoms with Gasteiger partial charge >= 0.3 is 0 Å². The summed E-state index contributed by atoms with van der Waals surface area (Å²) in [6, 6.07) is 15.8. The maximum absolute atomic E-state index is 12.3. The molecule has 4 rings (SSSR count). The Balaban J connectivity index is 1.66. The lowest BCUT2D eigenvalue weighted by Crippen LogP contribution is -2.14. The summed E-state index contributed by atoms with van der Waals surface area (Å²) in [5.41, 5.74) is 2.13. The molecule has 0 aliphatic heterocycles. The zero-order valence-corrected chi connectivity index (χ0v) is 14.7. The molecule has 0 fully saturated rings. The summed E-state index contributed by atoms with van der Waals surface area (Å²) in [4.78, 5) is 27.1. The number of phenolic OH excluding ortho intramolecular Hbond substituents is 1. The van der Waals surface area contributed by atoms with E-state index in [0.29, 0.717) is 16.5 Å². The molecule has 4 aromatic rings. The van der Waals surface area contributed by atoms with Crippen LogP contribution >= 0.6 is 11.8 Å². The van der Waals surface area contributed by atoms with Gasteiger partial charge < -0.3 is 15.1 Å². The highest BCUT2D eigenvalue weighted by atomic mass is 32.2. The number of benzene rings is 2. The molecule has 0 unspecified atom stereocenters. The van der Waals surface area contributed by atoms with E-state index < -0.39 is 5.56 Å². The number of nitrogens with one attached hydrogen (secondary N) is 2. The third-order valence-corrected chi connectivity index (χ3v) is 4.82. The van der Waals surface area contributed by atoms with E-state index in [9.17, 15) is 15.2 Å². The Morgan fingerprint density at radius 2 is 1.85 bits per heavy atom. The molecule has 0 saturated heterocycles. The highest BCUT2D eigenvalue weighted by molar-refractivity contribution is 7.98. The summed E-state index contributed by atoms with van der Waals surface area (Å²) in [5.74, 6) is 1.35. The molecule has 0 spiro atoms. The smallest absolute Gasteiger partial charge is 0.270 e. The quantitative estimate of drug-likeness (QED) is 0.372. The van der Waals surface area contributed by atoms with Crippen LogP contribution in [0.2, 0.25) is 0 Å². The number of rotatable bonds is 4. The Labute approximate surface area is 157 Å². The van der Waals surface area contributed by atoms with E-state index in [1.807, 2.05) is 30.3 Å². The summed E-state index contributed by atoms with van der Waals surface area (Å²) in [7, 11) is 0. The fourth-order valence-corrected chi connectivity index (χ4v) is 3.39. The van der Waals surface area contributed by atoms with Crippen LogP contribution in [-0.4, -0.2) is 25.0 Å². The highest BCUT2D eigenvalue weighted by Crippen LogP contribution is 2.25. The van der Waals surface area contributed by atoms with Gasteiger partial charge in [0.1, 0.15) is 23.2 Å². The van der Waals surface area contributed by atoms with Gasteiger partial charge in [0.25, 0.3) is 5.56 Å². The van der Waals surface area contributed by atoms with Crippen LogP contribution in [0.25, 0.3) is 22.3 Å². The fourth-order valence-electron chi connectivity index (χ4n) is 2.66. The molecular weight excluding hydrogens is 362 g/mol. The molecule has 2 aromatic carbocycles. The summed E-state index contributed by atoms with van der Waals surface area (Å²) >= 11 is 1.31. The number of nitrogens with zero attached hydrogens (tertiary/aromatic N) is 3. The number of hydrogen-bond acceptors (Lipinski definition) is 6. The lowest BCUT2D eigenvalue weighted by atomic mass is 10.1. The average molecular weight is 375 g/mol. The zero-order valence-electron chi connectivity index (χ0n) is 13.9.